The summed E-state index contributed by atoms with van der Waals surface area (Å²) in [6.45, 7) is 5.19. The van der Waals surface area contributed by atoms with Crippen molar-refractivity contribution in [2.75, 3.05) is 13.7 Å². The zero-order valence-corrected chi connectivity index (χ0v) is 17.1. The maximum Gasteiger partial charge on any atom is 0.233 e. The van der Waals surface area contributed by atoms with E-state index in [-0.39, 0.29) is 11.2 Å². The molecule has 1 aromatic heterocycles. The third kappa shape index (κ3) is 5.11. The maximum absolute atomic E-state index is 12.5. The SMILES string of the molecule is COCCn1c(SC(C)C(=O)NC2CCCC2)nnc1-c1cccc(C)c1. The molecule has 0 aliphatic heterocycles. The molecule has 6 nitrogen and oxygen atoms in total. The van der Waals surface area contributed by atoms with Gasteiger partial charge in [-0.15, -0.1) is 10.2 Å². The summed E-state index contributed by atoms with van der Waals surface area (Å²) in [4.78, 5) is 12.5. The van der Waals surface area contributed by atoms with E-state index in [2.05, 4.69) is 34.6 Å². The van der Waals surface area contributed by atoms with E-state index >= 15 is 0 Å². The molecular weight excluding hydrogens is 360 g/mol. The molecule has 1 aliphatic rings. The molecule has 1 aliphatic carbocycles. The minimum Gasteiger partial charge on any atom is -0.383 e. The number of carbonyl (C=O) groups excluding carboxylic acids is 1. The summed E-state index contributed by atoms with van der Waals surface area (Å²) in [5.41, 5.74) is 2.20. The van der Waals surface area contributed by atoms with Gasteiger partial charge in [0.05, 0.1) is 18.4 Å². The van der Waals surface area contributed by atoms with Crippen LogP contribution in [0.3, 0.4) is 0 Å². The zero-order chi connectivity index (χ0) is 19.2. The van der Waals surface area contributed by atoms with Gasteiger partial charge < -0.3 is 10.1 Å². The van der Waals surface area contributed by atoms with Gasteiger partial charge in [-0.2, -0.15) is 0 Å². The molecule has 2 aromatic rings. The van der Waals surface area contributed by atoms with Crippen LogP contribution < -0.4 is 5.32 Å². The number of amides is 1. The van der Waals surface area contributed by atoms with Crippen LogP contribution in [0.15, 0.2) is 29.4 Å². The van der Waals surface area contributed by atoms with Crippen LogP contribution in [0.2, 0.25) is 0 Å². The minimum absolute atomic E-state index is 0.0743. The van der Waals surface area contributed by atoms with E-state index in [1.54, 1.807) is 7.11 Å². The van der Waals surface area contributed by atoms with Crippen molar-refractivity contribution in [1.82, 2.24) is 20.1 Å². The van der Waals surface area contributed by atoms with Crippen LogP contribution in [0.25, 0.3) is 11.4 Å². The molecule has 0 radical (unpaired) electrons. The lowest BCUT2D eigenvalue weighted by Gasteiger charge is -2.16. The topological polar surface area (TPSA) is 69.0 Å². The molecule has 1 fully saturated rings. The Balaban J connectivity index is 1.76. The van der Waals surface area contributed by atoms with Crippen molar-refractivity contribution in [2.24, 2.45) is 0 Å². The highest BCUT2D eigenvalue weighted by atomic mass is 32.2. The van der Waals surface area contributed by atoms with Crippen molar-refractivity contribution in [2.45, 2.75) is 62.5 Å². The molecule has 1 amide bonds. The summed E-state index contributed by atoms with van der Waals surface area (Å²) in [6, 6.07) is 8.53. The Kier molecular flexibility index (Phi) is 6.90. The molecule has 1 saturated carbocycles. The average molecular weight is 389 g/mol. The summed E-state index contributed by atoms with van der Waals surface area (Å²) in [7, 11) is 1.68. The number of aromatic nitrogens is 3. The zero-order valence-electron chi connectivity index (χ0n) is 16.3. The van der Waals surface area contributed by atoms with Crippen LogP contribution >= 0.6 is 11.8 Å². The molecule has 1 atom stereocenters. The molecule has 0 bridgehead atoms. The van der Waals surface area contributed by atoms with Crippen LogP contribution in [0.1, 0.15) is 38.2 Å². The minimum atomic E-state index is -0.221. The lowest BCUT2D eigenvalue weighted by Crippen LogP contribution is -2.37. The van der Waals surface area contributed by atoms with E-state index in [4.69, 9.17) is 4.74 Å². The summed E-state index contributed by atoms with van der Waals surface area (Å²) >= 11 is 1.45. The van der Waals surface area contributed by atoms with Gasteiger partial charge in [0, 0.05) is 18.7 Å². The van der Waals surface area contributed by atoms with Crippen LogP contribution in [0.4, 0.5) is 0 Å². The van der Waals surface area contributed by atoms with Gasteiger partial charge in [0.2, 0.25) is 5.91 Å². The van der Waals surface area contributed by atoms with E-state index < -0.39 is 0 Å². The highest BCUT2D eigenvalue weighted by Gasteiger charge is 2.24. The lowest BCUT2D eigenvalue weighted by atomic mass is 10.1. The number of thioether (sulfide) groups is 1. The Morgan fingerprint density at radius 2 is 2.15 bits per heavy atom. The number of hydrogen-bond acceptors (Lipinski definition) is 5. The second-order valence-corrected chi connectivity index (χ2v) is 8.38. The Morgan fingerprint density at radius 1 is 1.37 bits per heavy atom. The molecule has 27 heavy (non-hydrogen) atoms. The largest absolute Gasteiger partial charge is 0.383 e. The van der Waals surface area contributed by atoms with Crippen LogP contribution in [-0.4, -0.2) is 45.7 Å². The molecular formula is C20H28N4O2S. The second kappa shape index (κ2) is 9.37. The van der Waals surface area contributed by atoms with Gasteiger partial charge in [-0.1, -0.05) is 48.4 Å². The molecule has 1 aromatic carbocycles. The monoisotopic (exact) mass is 388 g/mol. The van der Waals surface area contributed by atoms with Crippen molar-refractivity contribution in [1.29, 1.82) is 0 Å². The molecule has 146 valence electrons. The summed E-state index contributed by atoms with van der Waals surface area (Å²) in [6.07, 6.45) is 4.59. The van der Waals surface area contributed by atoms with Crippen LogP contribution in [-0.2, 0) is 16.1 Å². The fourth-order valence-electron chi connectivity index (χ4n) is 3.36. The molecule has 7 heteroatoms. The van der Waals surface area contributed by atoms with Gasteiger partial charge in [-0.3, -0.25) is 9.36 Å². The number of carbonyl (C=O) groups is 1. The van der Waals surface area contributed by atoms with Crippen molar-refractivity contribution in [3.63, 3.8) is 0 Å². The maximum atomic E-state index is 12.5. The number of nitrogens with zero attached hydrogens (tertiary/aromatic N) is 3. The predicted molar refractivity (Wildman–Crippen MR) is 108 cm³/mol. The van der Waals surface area contributed by atoms with Crippen LogP contribution in [0, 0.1) is 6.92 Å². The fraction of sp³-hybridized carbons (Fsp3) is 0.550. The van der Waals surface area contributed by atoms with E-state index in [1.165, 1.54) is 30.2 Å². The lowest BCUT2D eigenvalue weighted by molar-refractivity contribution is -0.120. The first kappa shape index (κ1) is 19.9. The van der Waals surface area contributed by atoms with Gasteiger partial charge in [-0.25, -0.2) is 0 Å². The molecule has 1 N–H and O–H groups in total. The number of rotatable bonds is 8. The highest BCUT2D eigenvalue weighted by molar-refractivity contribution is 8.00. The molecule has 0 spiro atoms. The number of aryl methyl sites for hydroxylation is 1. The quantitative estimate of drug-likeness (QED) is 0.702. The molecule has 1 heterocycles. The van der Waals surface area contributed by atoms with E-state index in [0.29, 0.717) is 19.2 Å². The first-order chi connectivity index (χ1) is 13.1. The van der Waals surface area contributed by atoms with E-state index in [9.17, 15) is 4.79 Å². The van der Waals surface area contributed by atoms with Crippen molar-refractivity contribution in [3.8, 4) is 11.4 Å². The van der Waals surface area contributed by atoms with Gasteiger partial charge >= 0.3 is 0 Å². The third-order valence-electron chi connectivity index (χ3n) is 4.87. The summed E-state index contributed by atoms with van der Waals surface area (Å²) in [5.74, 6) is 0.881. The standard InChI is InChI=1S/C20H28N4O2S/c1-14-7-6-8-16(13-14)18-22-23-20(24(18)11-12-26-3)27-15(2)19(25)21-17-9-4-5-10-17/h6-8,13,15,17H,4-5,9-12H2,1-3H3,(H,21,25). The Labute approximate surface area is 165 Å². The fourth-order valence-corrected chi connectivity index (χ4v) is 4.24. The molecule has 3 rings (SSSR count). The van der Waals surface area contributed by atoms with Crippen molar-refractivity contribution >= 4 is 17.7 Å². The van der Waals surface area contributed by atoms with Crippen LogP contribution in [0.5, 0.6) is 0 Å². The Morgan fingerprint density at radius 3 is 2.85 bits per heavy atom. The van der Waals surface area contributed by atoms with Crippen molar-refractivity contribution < 1.29 is 9.53 Å². The first-order valence-electron chi connectivity index (χ1n) is 9.54. The second-order valence-electron chi connectivity index (χ2n) is 7.07. The number of benzene rings is 1. The smallest absolute Gasteiger partial charge is 0.233 e. The number of methoxy groups -OCH3 is 1. The molecule has 1 unspecified atom stereocenters. The highest BCUT2D eigenvalue weighted by Crippen LogP contribution is 2.28. The van der Waals surface area contributed by atoms with Gasteiger partial charge in [-0.05, 0) is 32.8 Å². The van der Waals surface area contributed by atoms with E-state index in [0.717, 1.165) is 29.4 Å². The van der Waals surface area contributed by atoms with Gasteiger partial charge in [0.1, 0.15) is 0 Å². The Bertz CT molecular complexity index is 771. The normalized spacial score (nSPS) is 15.8. The van der Waals surface area contributed by atoms with Gasteiger partial charge in [0.15, 0.2) is 11.0 Å². The average Bonchev–Trinajstić information content (AvgIpc) is 3.30. The van der Waals surface area contributed by atoms with Crippen molar-refractivity contribution in [3.05, 3.63) is 29.8 Å². The number of hydrogen-bond donors (Lipinski definition) is 1. The van der Waals surface area contributed by atoms with E-state index in [1.807, 2.05) is 23.6 Å². The first-order valence-corrected chi connectivity index (χ1v) is 10.4. The third-order valence-corrected chi connectivity index (χ3v) is 5.95. The number of ether oxygens (including phenoxy) is 1. The van der Waals surface area contributed by atoms with Gasteiger partial charge in [0.25, 0.3) is 0 Å². The summed E-state index contributed by atoms with van der Waals surface area (Å²) in [5, 5.41) is 12.5. The molecule has 0 saturated heterocycles. The number of nitrogens with one attached hydrogen (secondary N) is 1. The summed E-state index contributed by atoms with van der Waals surface area (Å²) < 4.78 is 7.30. The predicted octanol–water partition coefficient (Wildman–Crippen LogP) is 3.44. The Hall–Kier alpha value is -1.86.